The van der Waals surface area contributed by atoms with E-state index in [9.17, 15) is 4.79 Å². The van der Waals surface area contributed by atoms with Crippen molar-refractivity contribution in [1.82, 2.24) is 4.90 Å². The standard InChI is InChI=1S/C23H24ClNO/c1-15(2)12-22-21-14-16-6-3-4-9-19(16)20(21)10-11-25(22)23(26)17-7-5-8-18(24)13-17/h3-9,13,15,22H,10-12,14H2,1-2H3. The first-order chi connectivity index (χ1) is 12.5. The van der Waals surface area contributed by atoms with Crippen LogP contribution in [0.2, 0.25) is 5.02 Å². The van der Waals surface area contributed by atoms with Crippen LogP contribution in [-0.4, -0.2) is 23.4 Å². The molecule has 2 aromatic rings. The third kappa shape index (κ3) is 3.07. The van der Waals surface area contributed by atoms with Crippen LogP contribution in [-0.2, 0) is 6.42 Å². The molecule has 4 rings (SSSR count). The maximum atomic E-state index is 13.3. The molecule has 0 fully saturated rings. The predicted molar refractivity (Wildman–Crippen MR) is 107 cm³/mol. The van der Waals surface area contributed by atoms with Crippen molar-refractivity contribution < 1.29 is 4.79 Å². The molecule has 1 unspecified atom stereocenters. The Hall–Kier alpha value is -2.06. The first-order valence-electron chi connectivity index (χ1n) is 9.41. The zero-order chi connectivity index (χ0) is 18.3. The molecule has 0 saturated carbocycles. The molecule has 1 amide bonds. The molecule has 0 bridgehead atoms. The second kappa shape index (κ2) is 6.92. The Balaban J connectivity index is 1.70. The summed E-state index contributed by atoms with van der Waals surface area (Å²) in [5, 5.41) is 0.612. The molecule has 0 radical (unpaired) electrons. The first kappa shape index (κ1) is 17.4. The van der Waals surface area contributed by atoms with Crippen LogP contribution < -0.4 is 0 Å². The molecule has 1 heterocycles. The molecular formula is C23H24ClNO. The monoisotopic (exact) mass is 365 g/mol. The van der Waals surface area contributed by atoms with Crippen LogP contribution in [0.25, 0.3) is 5.57 Å². The Morgan fingerprint density at radius 2 is 2.00 bits per heavy atom. The van der Waals surface area contributed by atoms with E-state index in [2.05, 4.69) is 43.0 Å². The minimum Gasteiger partial charge on any atom is -0.332 e. The van der Waals surface area contributed by atoms with Gasteiger partial charge in [0.1, 0.15) is 0 Å². The number of carbonyl (C=O) groups excluding carboxylic acids is 1. The van der Waals surface area contributed by atoms with Gasteiger partial charge in [-0.3, -0.25) is 4.79 Å². The summed E-state index contributed by atoms with van der Waals surface area (Å²) in [6.07, 6.45) is 2.91. The van der Waals surface area contributed by atoms with Gasteiger partial charge in [0, 0.05) is 17.1 Å². The summed E-state index contributed by atoms with van der Waals surface area (Å²) in [4.78, 5) is 15.3. The van der Waals surface area contributed by atoms with Gasteiger partial charge in [0.2, 0.25) is 0 Å². The van der Waals surface area contributed by atoms with Crippen LogP contribution in [0.5, 0.6) is 0 Å². The molecule has 2 nitrogen and oxygen atoms in total. The van der Waals surface area contributed by atoms with Crippen molar-refractivity contribution in [3.8, 4) is 0 Å². The average Bonchev–Trinajstić information content (AvgIpc) is 3.00. The molecule has 1 aliphatic carbocycles. The lowest BCUT2D eigenvalue weighted by Gasteiger charge is -2.38. The molecule has 26 heavy (non-hydrogen) atoms. The normalized spacial score (nSPS) is 18.9. The van der Waals surface area contributed by atoms with Crippen molar-refractivity contribution >= 4 is 23.1 Å². The number of fused-ring (bicyclic) bond motifs is 2. The maximum Gasteiger partial charge on any atom is 0.254 e. The van der Waals surface area contributed by atoms with Gasteiger partial charge >= 0.3 is 0 Å². The van der Waals surface area contributed by atoms with E-state index < -0.39 is 0 Å². The van der Waals surface area contributed by atoms with Gasteiger partial charge < -0.3 is 4.90 Å². The Morgan fingerprint density at radius 1 is 1.19 bits per heavy atom. The number of carbonyl (C=O) groups is 1. The Morgan fingerprint density at radius 3 is 2.77 bits per heavy atom. The summed E-state index contributed by atoms with van der Waals surface area (Å²) < 4.78 is 0. The smallest absolute Gasteiger partial charge is 0.254 e. The molecule has 2 aromatic carbocycles. The fourth-order valence-corrected chi connectivity index (χ4v) is 4.58. The first-order valence-corrected chi connectivity index (χ1v) is 9.79. The van der Waals surface area contributed by atoms with Crippen LogP contribution in [0, 0.1) is 5.92 Å². The molecule has 1 atom stereocenters. The fraction of sp³-hybridized carbons (Fsp3) is 0.348. The molecule has 0 N–H and O–H groups in total. The summed E-state index contributed by atoms with van der Waals surface area (Å²) >= 11 is 6.12. The SMILES string of the molecule is CC(C)CC1C2=C(CCN1C(=O)c1cccc(Cl)c1)c1ccccc1C2. The highest BCUT2D eigenvalue weighted by Gasteiger charge is 2.37. The van der Waals surface area contributed by atoms with Gasteiger partial charge in [0.15, 0.2) is 0 Å². The van der Waals surface area contributed by atoms with Crippen molar-refractivity contribution in [2.24, 2.45) is 5.92 Å². The van der Waals surface area contributed by atoms with Crippen molar-refractivity contribution in [1.29, 1.82) is 0 Å². The minimum absolute atomic E-state index is 0.0978. The van der Waals surface area contributed by atoms with Gasteiger partial charge in [-0.05, 0) is 65.7 Å². The van der Waals surface area contributed by atoms with Crippen LogP contribution >= 0.6 is 11.6 Å². The summed E-state index contributed by atoms with van der Waals surface area (Å²) in [6.45, 7) is 5.24. The van der Waals surface area contributed by atoms with E-state index in [-0.39, 0.29) is 11.9 Å². The Labute approximate surface area is 160 Å². The number of hydrogen-bond donors (Lipinski definition) is 0. The van der Waals surface area contributed by atoms with Gasteiger partial charge in [-0.15, -0.1) is 0 Å². The summed E-state index contributed by atoms with van der Waals surface area (Å²) in [5.74, 6) is 0.630. The highest BCUT2D eigenvalue weighted by molar-refractivity contribution is 6.31. The van der Waals surface area contributed by atoms with Crippen LogP contribution in [0.4, 0.5) is 0 Å². The minimum atomic E-state index is 0.0978. The van der Waals surface area contributed by atoms with Gasteiger partial charge in [-0.2, -0.15) is 0 Å². The highest BCUT2D eigenvalue weighted by Crippen LogP contribution is 2.42. The lowest BCUT2D eigenvalue weighted by molar-refractivity contribution is 0.0681. The third-order valence-electron chi connectivity index (χ3n) is 5.52. The van der Waals surface area contributed by atoms with E-state index in [1.165, 1.54) is 22.3 Å². The Bertz CT molecular complexity index is 883. The summed E-state index contributed by atoms with van der Waals surface area (Å²) in [7, 11) is 0. The van der Waals surface area contributed by atoms with Crippen molar-refractivity contribution in [2.75, 3.05) is 6.54 Å². The van der Waals surface area contributed by atoms with E-state index in [4.69, 9.17) is 11.6 Å². The maximum absolute atomic E-state index is 13.3. The second-order valence-corrected chi connectivity index (χ2v) is 8.18. The molecule has 2 aliphatic rings. The van der Waals surface area contributed by atoms with Crippen molar-refractivity contribution in [3.05, 3.63) is 75.8 Å². The van der Waals surface area contributed by atoms with Crippen molar-refractivity contribution in [3.63, 3.8) is 0 Å². The largest absolute Gasteiger partial charge is 0.332 e. The van der Waals surface area contributed by atoms with E-state index in [0.717, 1.165) is 25.8 Å². The number of hydrogen-bond acceptors (Lipinski definition) is 1. The lowest BCUT2D eigenvalue weighted by Crippen LogP contribution is -2.45. The second-order valence-electron chi connectivity index (χ2n) is 7.74. The van der Waals surface area contributed by atoms with Crippen LogP contribution in [0.1, 0.15) is 48.2 Å². The molecule has 0 aromatic heterocycles. The summed E-state index contributed by atoms with van der Waals surface area (Å²) in [6, 6.07) is 16.2. The van der Waals surface area contributed by atoms with Crippen LogP contribution in [0.15, 0.2) is 54.1 Å². The molecule has 1 aliphatic heterocycles. The molecule has 0 saturated heterocycles. The lowest BCUT2D eigenvalue weighted by atomic mass is 9.87. The fourth-order valence-electron chi connectivity index (χ4n) is 4.39. The van der Waals surface area contributed by atoms with E-state index in [0.29, 0.717) is 16.5 Å². The highest BCUT2D eigenvalue weighted by atomic mass is 35.5. The van der Waals surface area contributed by atoms with Gasteiger partial charge in [-0.1, -0.05) is 55.8 Å². The van der Waals surface area contributed by atoms with E-state index in [1.807, 2.05) is 18.2 Å². The molecular weight excluding hydrogens is 342 g/mol. The van der Waals surface area contributed by atoms with Crippen LogP contribution in [0.3, 0.4) is 0 Å². The average molecular weight is 366 g/mol. The number of nitrogens with zero attached hydrogens (tertiary/aromatic N) is 1. The van der Waals surface area contributed by atoms with Gasteiger partial charge in [0.25, 0.3) is 5.91 Å². The quantitative estimate of drug-likeness (QED) is 0.692. The van der Waals surface area contributed by atoms with Gasteiger partial charge in [0.05, 0.1) is 6.04 Å². The molecule has 0 spiro atoms. The summed E-state index contributed by atoms with van der Waals surface area (Å²) in [5.41, 5.74) is 6.41. The number of halogens is 1. The number of amides is 1. The predicted octanol–water partition coefficient (Wildman–Crippen LogP) is 5.61. The van der Waals surface area contributed by atoms with E-state index in [1.54, 1.807) is 6.07 Å². The zero-order valence-electron chi connectivity index (χ0n) is 15.3. The molecule has 134 valence electrons. The van der Waals surface area contributed by atoms with Gasteiger partial charge in [-0.25, -0.2) is 0 Å². The topological polar surface area (TPSA) is 20.3 Å². The van der Waals surface area contributed by atoms with Crippen molar-refractivity contribution in [2.45, 2.75) is 39.2 Å². The number of benzene rings is 2. The Kier molecular flexibility index (Phi) is 4.62. The number of rotatable bonds is 3. The van der Waals surface area contributed by atoms with E-state index >= 15 is 0 Å². The molecule has 3 heteroatoms. The zero-order valence-corrected chi connectivity index (χ0v) is 16.1. The third-order valence-corrected chi connectivity index (χ3v) is 5.75.